The molecule has 4 N–H and O–H groups in total. The van der Waals surface area contributed by atoms with Crippen LogP contribution in [-0.2, 0) is 0 Å². The summed E-state index contributed by atoms with van der Waals surface area (Å²) in [5.41, 5.74) is 0. The van der Waals surface area contributed by atoms with E-state index in [2.05, 4.69) is 0 Å². The fourth-order valence-electron chi connectivity index (χ4n) is 2.13. The van der Waals surface area contributed by atoms with E-state index in [-0.39, 0.29) is 13.2 Å². The SMILES string of the molecule is OCC1CCCC(CO)C1.OCCCCCO. The third-order valence-corrected chi connectivity index (χ3v) is 3.22. The molecule has 0 aromatic rings. The molecule has 2 unspecified atom stereocenters. The molecule has 0 aliphatic heterocycles. The Morgan fingerprint density at radius 2 is 1.18 bits per heavy atom. The molecule has 4 heteroatoms. The van der Waals surface area contributed by atoms with Crippen molar-refractivity contribution in [2.45, 2.75) is 44.9 Å². The molecule has 17 heavy (non-hydrogen) atoms. The van der Waals surface area contributed by atoms with Gasteiger partial charge in [-0.1, -0.05) is 6.42 Å². The molecule has 0 heterocycles. The predicted molar refractivity (Wildman–Crippen MR) is 67.6 cm³/mol. The van der Waals surface area contributed by atoms with E-state index in [1.54, 1.807) is 0 Å². The molecule has 0 radical (unpaired) electrons. The molecule has 4 nitrogen and oxygen atoms in total. The number of hydrogen-bond acceptors (Lipinski definition) is 4. The summed E-state index contributed by atoms with van der Waals surface area (Å²) in [5, 5.41) is 34.1. The minimum atomic E-state index is 0.250. The maximum atomic E-state index is 8.82. The van der Waals surface area contributed by atoms with Crippen LogP contribution < -0.4 is 0 Å². The lowest BCUT2D eigenvalue weighted by atomic mass is 9.82. The maximum Gasteiger partial charge on any atom is 0.0459 e. The van der Waals surface area contributed by atoms with E-state index in [9.17, 15) is 0 Å². The Balaban J connectivity index is 0.000000325. The number of aliphatic hydroxyl groups excluding tert-OH is 4. The van der Waals surface area contributed by atoms with Crippen molar-refractivity contribution in [3.05, 3.63) is 0 Å². The molecular formula is C13H28O4. The van der Waals surface area contributed by atoms with Gasteiger partial charge in [0.25, 0.3) is 0 Å². The highest BCUT2D eigenvalue weighted by atomic mass is 16.3. The van der Waals surface area contributed by atoms with Gasteiger partial charge in [-0.3, -0.25) is 0 Å². The van der Waals surface area contributed by atoms with Gasteiger partial charge >= 0.3 is 0 Å². The van der Waals surface area contributed by atoms with Crippen LogP contribution in [0.2, 0.25) is 0 Å². The molecule has 1 rings (SSSR count). The number of aliphatic hydroxyl groups is 4. The maximum absolute atomic E-state index is 8.82. The highest BCUT2D eigenvalue weighted by molar-refractivity contribution is 4.71. The Labute approximate surface area is 104 Å². The smallest absolute Gasteiger partial charge is 0.0459 e. The lowest BCUT2D eigenvalue weighted by Gasteiger charge is -2.26. The van der Waals surface area contributed by atoms with Gasteiger partial charge in [-0.15, -0.1) is 0 Å². The predicted octanol–water partition coefficient (Wildman–Crippen LogP) is 0.919. The summed E-state index contributed by atoms with van der Waals surface area (Å²) in [6, 6.07) is 0. The first-order valence-electron chi connectivity index (χ1n) is 6.71. The van der Waals surface area contributed by atoms with Gasteiger partial charge in [0, 0.05) is 26.4 Å². The zero-order chi connectivity index (χ0) is 12.9. The van der Waals surface area contributed by atoms with Gasteiger partial charge in [0.1, 0.15) is 0 Å². The van der Waals surface area contributed by atoms with E-state index in [0.29, 0.717) is 25.0 Å². The molecule has 0 aromatic carbocycles. The highest BCUT2D eigenvalue weighted by Gasteiger charge is 2.20. The van der Waals surface area contributed by atoms with E-state index in [4.69, 9.17) is 20.4 Å². The fraction of sp³-hybridized carbons (Fsp3) is 1.00. The van der Waals surface area contributed by atoms with Crippen LogP contribution >= 0.6 is 0 Å². The van der Waals surface area contributed by atoms with Crippen molar-refractivity contribution in [1.29, 1.82) is 0 Å². The number of unbranched alkanes of at least 4 members (excludes halogenated alkanes) is 2. The molecule has 0 spiro atoms. The second-order valence-corrected chi connectivity index (χ2v) is 4.77. The fourth-order valence-corrected chi connectivity index (χ4v) is 2.13. The quantitative estimate of drug-likeness (QED) is 0.527. The molecule has 0 bridgehead atoms. The minimum absolute atomic E-state index is 0.250. The first kappa shape index (κ1) is 16.8. The molecule has 1 aliphatic carbocycles. The van der Waals surface area contributed by atoms with Crippen LogP contribution in [0.25, 0.3) is 0 Å². The second kappa shape index (κ2) is 12.3. The molecule has 1 fully saturated rings. The third kappa shape index (κ3) is 9.53. The van der Waals surface area contributed by atoms with Crippen molar-refractivity contribution < 1.29 is 20.4 Å². The van der Waals surface area contributed by atoms with E-state index in [0.717, 1.165) is 38.5 Å². The van der Waals surface area contributed by atoms with Gasteiger partial charge in [-0.25, -0.2) is 0 Å². The zero-order valence-electron chi connectivity index (χ0n) is 10.7. The molecule has 2 atom stereocenters. The van der Waals surface area contributed by atoms with Gasteiger partial charge in [-0.05, 0) is 50.4 Å². The first-order valence-corrected chi connectivity index (χ1v) is 6.71. The largest absolute Gasteiger partial charge is 0.396 e. The van der Waals surface area contributed by atoms with Crippen molar-refractivity contribution in [1.82, 2.24) is 0 Å². The Morgan fingerprint density at radius 1 is 0.706 bits per heavy atom. The summed E-state index contributed by atoms with van der Waals surface area (Å²) in [7, 11) is 0. The molecule has 0 amide bonds. The van der Waals surface area contributed by atoms with Crippen LogP contribution in [-0.4, -0.2) is 46.9 Å². The molecular weight excluding hydrogens is 220 g/mol. The van der Waals surface area contributed by atoms with E-state index >= 15 is 0 Å². The normalized spacial score (nSPS) is 24.0. The zero-order valence-corrected chi connectivity index (χ0v) is 10.7. The van der Waals surface area contributed by atoms with Crippen LogP contribution in [0.1, 0.15) is 44.9 Å². The summed E-state index contributed by atoms with van der Waals surface area (Å²) in [5.74, 6) is 0.928. The summed E-state index contributed by atoms with van der Waals surface area (Å²) in [6.45, 7) is 1.10. The minimum Gasteiger partial charge on any atom is -0.396 e. The van der Waals surface area contributed by atoms with Crippen molar-refractivity contribution in [2.24, 2.45) is 11.8 Å². The molecule has 0 aromatic heterocycles. The highest BCUT2D eigenvalue weighted by Crippen LogP contribution is 2.27. The average molecular weight is 248 g/mol. The summed E-state index contributed by atoms with van der Waals surface area (Å²) in [4.78, 5) is 0. The number of rotatable bonds is 6. The average Bonchev–Trinajstić information content (AvgIpc) is 2.40. The van der Waals surface area contributed by atoms with Gasteiger partial charge in [0.2, 0.25) is 0 Å². The molecule has 104 valence electrons. The Kier molecular flexibility index (Phi) is 12.2. The van der Waals surface area contributed by atoms with Crippen molar-refractivity contribution in [2.75, 3.05) is 26.4 Å². The summed E-state index contributed by atoms with van der Waals surface area (Å²) in [6.07, 6.45) is 7.07. The Bertz CT molecular complexity index is 138. The lowest BCUT2D eigenvalue weighted by Crippen LogP contribution is -2.20. The molecule has 1 aliphatic rings. The first-order chi connectivity index (χ1) is 8.28. The van der Waals surface area contributed by atoms with E-state index in [1.807, 2.05) is 0 Å². The lowest BCUT2D eigenvalue weighted by molar-refractivity contribution is 0.121. The van der Waals surface area contributed by atoms with Crippen LogP contribution in [0.5, 0.6) is 0 Å². The van der Waals surface area contributed by atoms with Gasteiger partial charge in [-0.2, -0.15) is 0 Å². The van der Waals surface area contributed by atoms with Crippen molar-refractivity contribution in [3.63, 3.8) is 0 Å². The molecule has 0 saturated heterocycles. The van der Waals surface area contributed by atoms with Crippen LogP contribution in [0.4, 0.5) is 0 Å². The Morgan fingerprint density at radius 3 is 1.53 bits per heavy atom. The van der Waals surface area contributed by atoms with E-state index < -0.39 is 0 Å². The van der Waals surface area contributed by atoms with Crippen LogP contribution in [0.3, 0.4) is 0 Å². The van der Waals surface area contributed by atoms with Crippen LogP contribution in [0, 0.1) is 11.8 Å². The van der Waals surface area contributed by atoms with E-state index in [1.165, 1.54) is 6.42 Å². The van der Waals surface area contributed by atoms with Crippen LogP contribution in [0.15, 0.2) is 0 Å². The Hall–Kier alpha value is -0.160. The number of hydrogen-bond donors (Lipinski definition) is 4. The summed E-state index contributed by atoms with van der Waals surface area (Å²) < 4.78 is 0. The molecule has 1 saturated carbocycles. The van der Waals surface area contributed by atoms with Crippen molar-refractivity contribution in [3.8, 4) is 0 Å². The third-order valence-electron chi connectivity index (χ3n) is 3.22. The second-order valence-electron chi connectivity index (χ2n) is 4.77. The van der Waals surface area contributed by atoms with Gasteiger partial charge < -0.3 is 20.4 Å². The van der Waals surface area contributed by atoms with Gasteiger partial charge in [0.05, 0.1) is 0 Å². The summed E-state index contributed by atoms with van der Waals surface area (Å²) >= 11 is 0. The van der Waals surface area contributed by atoms with Crippen molar-refractivity contribution >= 4 is 0 Å². The van der Waals surface area contributed by atoms with Gasteiger partial charge in [0.15, 0.2) is 0 Å². The monoisotopic (exact) mass is 248 g/mol. The standard InChI is InChI=1S/C8H16O2.C5H12O2/c9-5-7-2-1-3-8(4-7)6-10;6-4-2-1-3-5-7/h7-10H,1-6H2;6-7H,1-5H2. The topological polar surface area (TPSA) is 80.9 Å².